The van der Waals surface area contributed by atoms with Gasteiger partial charge in [-0.1, -0.05) is 29.5 Å². The molecule has 0 aliphatic carbocycles. The lowest BCUT2D eigenvalue weighted by Gasteiger charge is -2.24. The number of amides is 1. The Hall–Kier alpha value is -2.45. The minimum absolute atomic E-state index is 0.107. The van der Waals surface area contributed by atoms with Crippen LogP contribution in [0.3, 0.4) is 0 Å². The number of carbonyl (C=O) groups excluding carboxylic acids is 1. The van der Waals surface area contributed by atoms with Gasteiger partial charge in [0.15, 0.2) is 10.8 Å². The van der Waals surface area contributed by atoms with Gasteiger partial charge in [0.2, 0.25) is 0 Å². The number of hydrogen-bond acceptors (Lipinski definition) is 7. The molecule has 0 saturated carbocycles. The maximum atomic E-state index is 12.7. The zero-order valence-corrected chi connectivity index (χ0v) is 15.7. The van der Waals surface area contributed by atoms with E-state index < -0.39 is 0 Å². The normalized spacial score (nSPS) is 19.1. The largest absolute Gasteiger partial charge is 0.381 e. The summed E-state index contributed by atoms with van der Waals surface area (Å²) in [6.07, 6.45) is 2.71. The van der Waals surface area contributed by atoms with E-state index in [-0.39, 0.29) is 11.9 Å². The maximum absolute atomic E-state index is 12.7. The summed E-state index contributed by atoms with van der Waals surface area (Å²) in [5.74, 6) is 0.749. The molecule has 3 aliphatic heterocycles. The number of nitrogens with zero attached hydrogens (tertiary/aromatic N) is 3. The van der Waals surface area contributed by atoms with Crippen molar-refractivity contribution in [3.63, 3.8) is 0 Å². The molecule has 27 heavy (non-hydrogen) atoms. The molecule has 0 spiro atoms. The average molecular weight is 383 g/mol. The second-order valence-corrected chi connectivity index (χ2v) is 7.90. The van der Waals surface area contributed by atoms with Gasteiger partial charge in [-0.25, -0.2) is 9.98 Å². The van der Waals surface area contributed by atoms with Crippen LogP contribution in [0.1, 0.15) is 33.9 Å². The molecule has 0 radical (unpaired) electrons. The van der Waals surface area contributed by atoms with Crippen LogP contribution in [0.15, 0.2) is 29.3 Å². The smallest absolute Gasteiger partial charge is 0.280 e. The number of carbonyl (C=O) groups is 1. The van der Waals surface area contributed by atoms with Crippen LogP contribution in [0, 0.1) is 0 Å². The molecule has 4 heterocycles. The molecule has 8 heteroatoms. The Bertz CT molecular complexity index is 903. The number of nitrogens with one attached hydrogen (secondary N) is 2. The zero-order valence-electron chi connectivity index (χ0n) is 14.9. The van der Waals surface area contributed by atoms with E-state index in [0.717, 1.165) is 42.3 Å². The van der Waals surface area contributed by atoms with Crippen molar-refractivity contribution < 1.29 is 9.53 Å². The predicted octanol–water partition coefficient (Wildman–Crippen LogP) is 2.24. The molecule has 1 aromatic carbocycles. The molecule has 0 bridgehead atoms. The number of thiazole rings is 1. The quantitative estimate of drug-likeness (QED) is 0.832. The maximum Gasteiger partial charge on any atom is 0.280 e. The van der Waals surface area contributed by atoms with Crippen molar-refractivity contribution in [3.05, 3.63) is 40.5 Å². The standard InChI is InChI=1S/C19H21N5O2S/c25-17(22-13-6-9-26-10-7-13)19-23-15-16(20-11-21-18(15)27-19)24-8-5-12-3-1-2-4-14(12)24/h1-4,13,21H,5-11H2,(H,22,25). The Kier molecular flexibility index (Phi) is 4.29. The fourth-order valence-electron chi connectivity index (χ4n) is 3.81. The van der Waals surface area contributed by atoms with Gasteiger partial charge in [0.25, 0.3) is 5.91 Å². The summed E-state index contributed by atoms with van der Waals surface area (Å²) in [7, 11) is 0. The highest BCUT2D eigenvalue weighted by Crippen LogP contribution is 2.34. The summed E-state index contributed by atoms with van der Waals surface area (Å²) in [4.78, 5) is 24.2. The second-order valence-electron chi connectivity index (χ2n) is 6.90. The number of benzene rings is 1. The number of aromatic nitrogens is 1. The third kappa shape index (κ3) is 3.08. The molecule has 140 valence electrons. The Morgan fingerprint density at radius 3 is 3.04 bits per heavy atom. The number of hydrogen-bond donors (Lipinski definition) is 2. The summed E-state index contributed by atoms with van der Waals surface area (Å²) in [5.41, 5.74) is 3.29. The average Bonchev–Trinajstić information content (AvgIpc) is 3.33. The number of fused-ring (bicyclic) bond motifs is 2. The second kappa shape index (κ2) is 6.94. The molecule has 1 aromatic heterocycles. The van der Waals surface area contributed by atoms with Gasteiger partial charge in [0, 0.05) is 31.5 Å². The van der Waals surface area contributed by atoms with Crippen molar-refractivity contribution in [3.8, 4) is 0 Å². The van der Waals surface area contributed by atoms with E-state index in [1.807, 2.05) is 6.07 Å². The van der Waals surface area contributed by atoms with E-state index in [0.29, 0.717) is 24.9 Å². The number of para-hydroxylation sites is 1. The van der Waals surface area contributed by atoms with E-state index in [2.05, 4.69) is 43.7 Å². The number of amidine groups is 1. The number of ether oxygens (including phenoxy) is 1. The lowest BCUT2D eigenvalue weighted by Crippen LogP contribution is -2.39. The van der Waals surface area contributed by atoms with Crippen LogP contribution in [0.2, 0.25) is 0 Å². The molecule has 1 fully saturated rings. The van der Waals surface area contributed by atoms with Gasteiger partial charge in [-0.05, 0) is 30.9 Å². The van der Waals surface area contributed by atoms with Crippen molar-refractivity contribution in [2.45, 2.75) is 25.3 Å². The highest BCUT2D eigenvalue weighted by Gasteiger charge is 2.30. The van der Waals surface area contributed by atoms with E-state index in [1.54, 1.807) is 0 Å². The molecule has 1 saturated heterocycles. The molecule has 0 atom stereocenters. The first-order valence-electron chi connectivity index (χ1n) is 9.33. The van der Waals surface area contributed by atoms with Gasteiger partial charge in [-0.15, -0.1) is 0 Å². The monoisotopic (exact) mass is 383 g/mol. The molecule has 1 amide bonds. The van der Waals surface area contributed by atoms with E-state index >= 15 is 0 Å². The third-order valence-corrected chi connectivity index (χ3v) is 6.21. The highest BCUT2D eigenvalue weighted by molar-refractivity contribution is 7.18. The van der Waals surface area contributed by atoms with Crippen LogP contribution in [0.5, 0.6) is 0 Å². The van der Waals surface area contributed by atoms with Crippen LogP contribution in [-0.4, -0.2) is 49.2 Å². The Balaban J connectivity index is 1.40. The summed E-state index contributed by atoms with van der Waals surface area (Å²) < 4.78 is 5.36. The number of aliphatic imine (C=N–C) groups is 1. The fraction of sp³-hybridized carbons (Fsp3) is 0.421. The highest BCUT2D eigenvalue weighted by atomic mass is 32.1. The van der Waals surface area contributed by atoms with Gasteiger partial charge in [0.1, 0.15) is 17.4 Å². The summed E-state index contributed by atoms with van der Waals surface area (Å²) in [5, 5.41) is 7.76. The Morgan fingerprint density at radius 1 is 1.30 bits per heavy atom. The molecular formula is C19H21N5O2S. The van der Waals surface area contributed by atoms with Crippen LogP contribution in [-0.2, 0) is 11.2 Å². The van der Waals surface area contributed by atoms with Crippen LogP contribution >= 0.6 is 11.3 Å². The molecular weight excluding hydrogens is 362 g/mol. The predicted molar refractivity (Wildman–Crippen MR) is 106 cm³/mol. The summed E-state index contributed by atoms with van der Waals surface area (Å²) in [6.45, 7) is 2.79. The summed E-state index contributed by atoms with van der Waals surface area (Å²) >= 11 is 1.40. The lowest BCUT2D eigenvalue weighted by atomic mass is 10.1. The first-order valence-corrected chi connectivity index (χ1v) is 10.1. The lowest BCUT2D eigenvalue weighted by molar-refractivity contribution is 0.0696. The SMILES string of the molecule is O=C(NC1CCOCC1)c1nc2c(s1)NCN=C2N1CCc2ccccc21. The van der Waals surface area contributed by atoms with Crippen molar-refractivity contribution >= 4 is 33.8 Å². The number of anilines is 2. The van der Waals surface area contributed by atoms with Crippen LogP contribution < -0.4 is 15.5 Å². The Labute approximate surface area is 161 Å². The minimum atomic E-state index is -0.107. The molecule has 0 unspecified atom stereocenters. The van der Waals surface area contributed by atoms with Gasteiger partial charge in [0.05, 0.1) is 0 Å². The van der Waals surface area contributed by atoms with E-state index in [4.69, 9.17) is 4.74 Å². The Morgan fingerprint density at radius 2 is 2.15 bits per heavy atom. The first-order chi connectivity index (χ1) is 13.3. The van der Waals surface area contributed by atoms with Crippen LogP contribution in [0.4, 0.5) is 10.7 Å². The molecule has 2 aromatic rings. The van der Waals surface area contributed by atoms with E-state index in [9.17, 15) is 4.79 Å². The molecule has 3 aliphatic rings. The van der Waals surface area contributed by atoms with Crippen molar-refractivity contribution in [1.82, 2.24) is 10.3 Å². The van der Waals surface area contributed by atoms with Gasteiger partial charge in [-0.2, -0.15) is 0 Å². The zero-order chi connectivity index (χ0) is 18.2. The third-order valence-electron chi connectivity index (χ3n) is 5.20. The van der Waals surface area contributed by atoms with Crippen molar-refractivity contribution in [2.24, 2.45) is 4.99 Å². The minimum Gasteiger partial charge on any atom is -0.381 e. The van der Waals surface area contributed by atoms with Gasteiger partial charge >= 0.3 is 0 Å². The van der Waals surface area contributed by atoms with Crippen molar-refractivity contribution in [1.29, 1.82) is 0 Å². The fourth-order valence-corrected chi connectivity index (χ4v) is 4.66. The van der Waals surface area contributed by atoms with Gasteiger partial charge in [-0.3, -0.25) is 4.79 Å². The van der Waals surface area contributed by atoms with Crippen molar-refractivity contribution in [2.75, 3.05) is 36.6 Å². The molecule has 2 N–H and O–H groups in total. The summed E-state index contributed by atoms with van der Waals surface area (Å²) in [6, 6.07) is 8.56. The van der Waals surface area contributed by atoms with Crippen LogP contribution in [0.25, 0.3) is 0 Å². The first kappa shape index (κ1) is 16.7. The number of rotatable bonds is 2. The van der Waals surface area contributed by atoms with Gasteiger partial charge < -0.3 is 20.3 Å². The molecule has 7 nitrogen and oxygen atoms in total. The molecule has 5 rings (SSSR count). The van der Waals surface area contributed by atoms with E-state index in [1.165, 1.54) is 22.6 Å². The topological polar surface area (TPSA) is 78.8 Å².